The Hall–Kier alpha value is -3.90. The molecule has 0 saturated carbocycles. The maximum atomic E-state index is 12.6. The van der Waals surface area contributed by atoms with E-state index in [1.54, 1.807) is 0 Å². The van der Waals surface area contributed by atoms with Crippen molar-refractivity contribution in [3.8, 4) is 5.75 Å². The highest BCUT2D eigenvalue weighted by Crippen LogP contribution is 2.29. The third-order valence-corrected chi connectivity index (χ3v) is 4.04. The van der Waals surface area contributed by atoms with Gasteiger partial charge < -0.3 is 15.4 Å². The van der Waals surface area contributed by atoms with Gasteiger partial charge in [-0.15, -0.1) is 0 Å². The van der Waals surface area contributed by atoms with Crippen LogP contribution in [-0.4, -0.2) is 33.6 Å². The van der Waals surface area contributed by atoms with Crippen LogP contribution >= 0.6 is 0 Å². The van der Waals surface area contributed by atoms with E-state index in [0.29, 0.717) is 5.56 Å². The molecule has 0 radical (unpaired) electrons. The standard InChI is InChI=1S/C20H15F6N5O2.C2H6/c21-19(22,23)11-33-16-6-7-27-10-15(16)30-17(32)14-5-8-28-18(31-14)29-9-12-1-3-13(4-2-12)20(24,25)26;1-2/h1-8,10H,9,11H2,(H,30,32)(H,28,29,31);1-2H3. The Morgan fingerprint density at radius 2 is 1.66 bits per heavy atom. The Bertz CT molecular complexity index is 1100. The molecule has 0 unspecified atom stereocenters. The first kappa shape index (κ1) is 27.3. The molecule has 0 aliphatic rings. The van der Waals surface area contributed by atoms with Gasteiger partial charge in [-0.05, 0) is 23.8 Å². The van der Waals surface area contributed by atoms with Crippen LogP contribution < -0.4 is 15.4 Å². The predicted octanol–water partition coefficient (Wildman–Crippen LogP) is 5.72. The fourth-order valence-electron chi connectivity index (χ4n) is 2.51. The summed E-state index contributed by atoms with van der Waals surface area (Å²) in [6, 6.07) is 6.89. The van der Waals surface area contributed by atoms with Gasteiger partial charge in [0.25, 0.3) is 5.91 Å². The molecule has 1 aromatic carbocycles. The van der Waals surface area contributed by atoms with Crippen molar-refractivity contribution >= 4 is 17.5 Å². The zero-order chi connectivity index (χ0) is 26.1. The van der Waals surface area contributed by atoms with Crippen molar-refractivity contribution in [2.45, 2.75) is 32.7 Å². The van der Waals surface area contributed by atoms with Gasteiger partial charge in [0.05, 0.1) is 11.8 Å². The summed E-state index contributed by atoms with van der Waals surface area (Å²) < 4.78 is 79.8. The maximum absolute atomic E-state index is 12.6. The number of nitrogens with one attached hydrogen (secondary N) is 2. The molecule has 0 bridgehead atoms. The predicted molar refractivity (Wildman–Crippen MR) is 116 cm³/mol. The minimum Gasteiger partial charge on any atom is -0.482 e. The number of hydrogen-bond acceptors (Lipinski definition) is 6. The van der Waals surface area contributed by atoms with E-state index < -0.39 is 30.4 Å². The molecule has 13 heteroatoms. The summed E-state index contributed by atoms with van der Waals surface area (Å²) >= 11 is 0. The van der Waals surface area contributed by atoms with Crippen LogP contribution in [0, 0.1) is 0 Å². The van der Waals surface area contributed by atoms with Crippen molar-refractivity contribution in [1.29, 1.82) is 0 Å². The number of benzene rings is 1. The lowest BCUT2D eigenvalue weighted by Gasteiger charge is -2.13. The average molecular weight is 501 g/mol. The largest absolute Gasteiger partial charge is 0.482 e. The molecule has 0 aliphatic carbocycles. The lowest BCUT2D eigenvalue weighted by atomic mass is 10.1. The number of nitrogens with zero attached hydrogens (tertiary/aromatic N) is 3. The summed E-state index contributed by atoms with van der Waals surface area (Å²) in [5.74, 6) is -0.979. The normalized spacial score (nSPS) is 11.2. The molecule has 1 amide bonds. The topological polar surface area (TPSA) is 89.0 Å². The van der Waals surface area contributed by atoms with Crippen LogP contribution in [0.1, 0.15) is 35.5 Å². The molecule has 3 rings (SSSR count). The van der Waals surface area contributed by atoms with Crippen molar-refractivity contribution < 1.29 is 35.9 Å². The minimum atomic E-state index is -4.56. The van der Waals surface area contributed by atoms with Gasteiger partial charge in [-0.25, -0.2) is 9.97 Å². The Balaban J connectivity index is 0.00000210. The summed E-state index contributed by atoms with van der Waals surface area (Å²) in [5.41, 5.74) is -0.478. The number of pyridine rings is 1. The first-order valence-electron chi connectivity index (χ1n) is 10.2. The average Bonchev–Trinajstić information content (AvgIpc) is 2.83. The molecular weight excluding hydrogens is 480 g/mol. The zero-order valence-corrected chi connectivity index (χ0v) is 18.5. The summed E-state index contributed by atoms with van der Waals surface area (Å²) in [6.45, 7) is 2.53. The monoisotopic (exact) mass is 501 g/mol. The van der Waals surface area contributed by atoms with Gasteiger partial charge in [0.1, 0.15) is 17.1 Å². The third kappa shape index (κ3) is 8.76. The smallest absolute Gasteiger partial charge is 0.422 e. The number of halogens is 6. The van der Waals surface area contributed by atoms with Crippen LogP contribution in [0.25, 0.3) is 0 Å². The quantitative estimate of drug-likeness (QED) is 0.403. The van der Waals surface area contributed by atoms with Crippen molar-refractivity contribution in [2.24, 2.45) is 0 Å². The minimum absolute atomic E-state index is 0.0160. The van der Waals surface area contributed by atoms with Crippen LogP contribution in [0.4, 0.5) is 38.0 Å². The summed E-state index contributed by atoms with van der Waals surface area (Å²) in [4.78, 5) is 24.2. The second-order valence-electron chi connectivity index (χ2n) is 6.54. The fourth-order valence-corrected chi connectivity index (χ4v) is 2.51. The molecule has 0 atom stereocenters. The van der Waals surface area contributed by atoms with E-state index in [1.807, 2.05) is 13.8 Å². The molecule has 2 heterocycles. The first-order valence-corrected chi connectivity index (χ1v) is 10.2. The van der Waals surface area contributed by atoms with Gasteiger partial charge in [-0.3, -0.25) is 9.78 Å². The molecule has 7 nitrogen and oxygen atoms in total. The van der Waals surface area contributed by atoms with Gasteiger partial charge in [0, 0.05) is 25.0 Å². The SMILES string of the molecule is CC.O=C(Nc1cnccc1OCC(F)(F)F)c1ccnc(NCc2ccc(C(F)(F)F)cc2)n1. The van der Waals surface area contributed by atoms with Gasteiger partial charge in [0.2, 0.25) is 5.95 Å². The van der Waals surface area contributed by atoms with Crippen molar-refractivity contribution in [3.05, 3.63) is 71.8 Å². The second-order valence-corrected chi connectivity index (χ2v) is 6.54. The lowest BCUT2D eigenvalue weighted by Crippen LogP contribution is -2.21. The Kier molecular flexibility index (Phi) is 9.37. The summed E-state index contributed by atoms with van der Waals surface area (Å²) in [5, 5.41) is 5.15. The number of hydrogen-bond donors (Lipinski definition) is 2. The van der Waals surface area contributed by atoms with E-state index in [4.69, 9.17) is 0 Å². The highest BCUT2D eigenvalue weighted by atomic mass is 19.4. The maximum Gasteiger partial charge on any atom is 0.422 e. The Labute approximate surface area is 196 Å². The number of rotatable bonds is 7. The Morgan fingerprint density at radius 3 is 2.29 bits per heavy atom. The van der Waals surface area contributed by atoms with Crippen LogP contribution in [0.3, 0.4) is 0 Å². The molecular formula is C22H21F6N5O2. The van der Waals surface area contributed by atoms with Crippen LogP contribution in [-0.2, 0) is 12.7 Å². The number of ether oxygens (including phenoxy) is 1. The molecule has 0 saturated heterocycles. The van der Waals surface area contributed by atoms with Crippen molar-refractivity contribution in [3.63, 3.8) is 0 Å². The lowest BCUT2D eigenvalue weighted by molar-refractivity contribution is -0.153. The van der Waals surface area contributed by atoms with E-state index in [1.165, 1.54) is 36.7 Å². The third-order valence-electron chi connectivity index (χ3n) is 4.04. The van der Waals surface area contributed by atoms with Crippen LogP contribution in [0.15, 0.2) is 55.0 Å². The number of aromatic nitrogens is 3. The van der Waals surface area contributed by atoms with Crippen molar-refractivity contribution in [2.75, 3.05) is 17.2 Å². The van der Waals surface area contributed by atoms with Crippen LogP contribution in [0.5, 0.6) is 5.75 Å². The van der Waals surface area contributed by atoms with E-state index in [0.717, 1.165) is 18.3 Å². The molecule has 188 valence electrons. The molecule has 2 aromatic heterocycles. The number of carbonyl (C=O) groups excluding carboxylic acids is 1. The van der Waals surface area contributed by atoms with Gasteiger partial charge in [-0.1, -0.05) is 26.0 Å². The van der Waals surface area contributed by atoms with Crippen molar-refractivity contribution in [1.82, 2.24) is 15.0 Å². The Morgan fingerprint density at radius 1 is 0.971 bits per heavy atom. The number of alkyl halides is 6. The van der Waals surface area contributed by atoms with E-state index >= 15 is 0 Å². The van der Waals surface area contributed by atoms with Gasteiger partial charge in [-0.2, -0.15) is 26.3 Å². The first-order chi connectivity index (χ1) is 16.5. The van der Waals surface area contributed by atoms with E-state index in [-0.39, 0.29) is 29.6 Å². The number of amides is 1. The zero-order valence-electron chi connectivity index (χ0n) is 18.5. The number of carbonyl (C=O) groups is 1. The molecule has 0 spiro atoms. The van der Waals surface area contributed by atoms with E-state index in [2.05, 4.69) is 30.3 Å². The molecule has 35 heavy (non-hydrogen) atoms. The van der Waals surface area contributed by atoms with Gasteiger partial charge in [0.15, 0.2) is 6.61 Å². The molecule has 0 fully saturated rings. The number of anilines is 2. The second kappa shape index (κ2) is 12.0. The summed E-state index contributed by atoms with van der Waals surface area (Å²) in [6.07, 6.45) is -5.42. The highest BCUT2D eigenvalue weighted by molar-refractivity contribution is 6.03. The molecule has 2 N–H and O–H groups in total. The van der Waals surface area contributed by atoms with Gasteiger partial charge >= 0.3 is 12.4 Å². The van der Waals surface area contributed by atoms with E-state index in [9.17, 15) is 31.1 Å². The summed E-state index contributed by atoms with van der Waals surface area (Å²) in [7, 11) is 0. The van der Waals surface area contributed by atoms with Crippen LogP contribution in [0.2, 0.25) is 0 Å². The fraction of sp³-hybridized carbons (Fsp3) is 0.273. The highest BCUT2D eigenvalue weighted by Gasteiger charge is 2.30. The molecule has 0 aliphatic heterocycles. The molecule has 3 aromatic rings.